The summed E-state index contributed by atoms with van der Waals surface area (Å²) in [5.74, 6) is -7.00. The Morgan fingerprint density at radius 2 is 0.953 bits per heavy atom. The van der Waals surface area contributed by atoms with E-state index in [1.165, 1.54) is 12.1 Å². The Kier molecular flexibility index (Phi) is 23.3. The van der Waals surface area contributed by atoms with E-state index in [1.807, 2.05) is 109 Å². The first-order valence-electron chi connectivity index (χ1n) is 28.2. The molecule has 7 rings (SSSR count). The number of carbonyl (C=O) groups excluding carboxylic acids is 8. The lowest BCUT2D eigenvalue weighted by molar-refractivity contribution is -0.135. The number of phenols is 1. The lowest BCUT2D eigenvalue weighted by Gasteiger charge is -2.28. The third-order valence-electron chi connectivity index (χ3n) is 14.7. The number of fused-ring (bicyclic) bond motifs is 3. The molecular formula is C63H75N11O9S2. The highest BCUT2D eigenvalue weighted by Crippen LogP contribution is 2.22. The van der Waals surface area contributed by atoms with Crippen LogP contribution in [-0.2, 0) is 64.0 Å². The molecule has 85 heavy (non-hydrogen) atoms. The number of unbranched alkanes of at least 4 members (excludes halogenated alkanes) is 1. The van der Waals surface area contributed by atoms with Gasteiger partial charge in [-0.3, -0.25) is 38.4 Å². The SMILES string of the molecule is CC(C)[C@H](NC(=O)[C@@H](CS)NC(=O)[C@H](CCCCN)NC(=O)[C@@H](Cc1c[nH]c2ccccc12)NC(=O)[C@@H](CS)NC(=O)[C@H](Cc1ccc(O)cc1)NC(=O)[C@@H](N)Cc1ccc2ccccc2c1)C(=O)N[C@@H](Cc1ccc2ccccc2c1)C(N)=O. The minimum atomic E-state index is -1.38. The summed E-state index contributed by atoms with van der Waals surface area (Å²) >= 11 is 8.80. The maximum atomic E-state index is 14.7. The van der Waals surface area contributed by atoms with Gasteiger partial charge in [-0.15, -0.1) is 0 Å². The van der Waals surface area contributed by atoms with Crippen molar-refractivity contribution in [1.82, 2.24) is 42.2 Å². The van der Waals surface area contributed by atoms with E-state index in [2.05, 4.69) is 67.5 Å². The monoisotopic (exact) mass is 1190 g/mol. The lowest BCUT2D eigenvalue weighted by atomic mass is 9.99. The molecule has 0 aliphatic carbocycles. The first-order chi connectivity index (χ1) is 40.8. The highest BCUT2D eigenvalue weighted by atomic mass is 32.1. The summed E-state index contributed by atoms with van der Waals surface area (Å²) in [7, 11) is 0. The Bertz CT molecular complexity index is 3490. The molecule has 0 radical (unpaired) electrons. The number of carbonyl (C=O) groups is 8. The summed E-state index contributed by atoms with van der Waals surface area (Å²) in [4.78, 5) is 115. The second kappa shape index (κ2) is 30.9. The van der Waals surface area contributed by atoms with Gasteiger partial charge in [0, 0.05) is 47.9 Å². The summed E-state index contributed by atoms with van der Waals surface area (Å²) in [5.41, 5.74) is 21.6. The maximum Gasteiger partial charge on any atom is 0.244 e. The van der Waals surface area contributed by atoms with Crippen molar-refractivity contribution in [2.75, 3.05) is 18.1 Å². The number of H-pyrrole nitrogens is 1. The Balaban J connectivity index is 1.05. The van der Waals surface area contributed by atoms with E-state index in [0.717, 1.165) is 43.6 Å². The molecule has 8 amide bonds. The van der Waals surface area contributed by atoms with E-state index < -0.39 is 102 Å². The van der Waals surface area contributed by atoms with Crippen molar-refractivity contribution in [2.24, 2.45) is 23.1 Å². The van der Waals surface area contributed by atoms with E-state index in [4.69, 9.17) is 17.2 Å². The number of hydrogen-bond donors (Lipinski definition) is 14. The predicted molar refractivity (Wildman–Crippen MR) is 335 cm³/mol. The minimum Gasteiger partial charge on any atom is -0.508 e. The van der Waals surface area contributed by atoms with Gasteiger partial charge in [0.25, 0.3) is 0 Å². The van der Waals surface area contributed by atoms with Gasteiger partial charge in [0.2, 0.25) is 47.3 Å². The minimum absolute atomic E-state index is 0.0125. The molecule has 1 heterocycles. The van der Waals surface area contributed by atoms with Crippen LogP contribution in [0.25, 0.3) is 32.4 Å². The summed E-state index contributed by atoms with van der Waals surface area (Å²) in [5, 5.41) is 33.8. The fourth-order valence-electron chi connectivity index (χ4n) is 9.91. The third kappa shape index (κ3) is 18.0. The van der Waals surface area contributed by atoms with E-state index in [9.17, 15) is 43.5 Å². The number of para-hydroxylation sites is 1. The largest absolute Gasteiger partial charge is 0.508 e. The highest BCUT2D eigenvalue weighted by molar-refractivity contribution is 7.80. The second-order valence-electron chi connectivity index (χ2n) is 21.5. The van der Waals surface area contributed by atoms with Gasteiger partial charge >= 0.3 is 0 Å². The van der Waals surface area contributed by atoms with Crippen LogP contribution in [0.15, 0.2) is 140 Å². The third-order valence-corrected chi connectivity index (χ3v) is 15.4. The molecule has 1 aromatic heterocycles. The number of primary amides is 1. The van der Waals surface area contributed by atoms with Crippen LogP contribution in [0.2, 0.25) is 0 Å². The summed E-state index contributed by atoms with van der Waals surface area (Å²) in [6.07, 6.45) is 2.67. The molecule has 8 atom stereocenters. The molecule has 20 nitrogen and oxygen atoms in total. The molecule has 0 saturated heterocycles. The Hall–Kier alpha value is -8.44. The summed E-state index contributed by atoms with van der Waals surface area (Å²) in [6.45, 7) is 3.67. The molecular weight excluding hydrogens is 1120 g/mol. The van der Waals surface area contributed by atoms with Gasteiger partial charge in [-0.2, -0.15) is 25.3 Å². The molecule has 6 aromatic carbocycles. The van der Waals surface area contributed by atoms with E-state index in [-0.39, 0.29) is 55.9 Å². The van der Waals surface area contributed by atoms with Crippen molar-refractivity contribution in [1.29, 1.82) is 0 Å². The lowest BCUT2D eigenvalue weighted by Crippen LogP contribution is -2.61. The summed E-state index contributed by atoms with van der Waals surface area (Å²) < 4.78 is 0. The van der Waals surface area contributed by atoms with Crippen LogP contribution < -0.4 is 54.4 Å². The van der Waals surface area contributed by atoms with Gasteiger partial charge < -0.3 is 64.5 Å². The number of nitrogens with two attached hydrogens (primary N) is 3. The number of hydrogen-bond acceptors (Lipinski definition) is 13. The maximum absolute atomic E-state index is 14.7. The zero-order valence-corrected chi connectivity index (χ0v) is 49.2. The fourth-order valence-corrected chi connectivity index (χ4v) is 10.4. The van der Waals surface area contributed by atoms with Gasteiger partial charge in [-0.05, 0) is 100 Å². The van der Waals surface area contributed by atoms with E-state index in [0.29, 0.717) is 24.0 Å². The van der Waals surface area contributed by atoms with Gasteiger partial charge in [0.15, 0.2) is 0 Å². The molecule has 0 spiro atoms. The standard InChI is InChI=1S/C63H75N11O9S2/c1-36(2)55(63(83)69-50(56(66)76)31-39-19-23-41-12-4-6-14-43(41)28-39)74-62(82)54(35-85)72-58(78)49(17-9-10-26-64)68-60(80)52(32-44-33-67-48-16-8-7-15-46(44)48)71-61(81)53(34-84)73-59(79)51(30-37-20-24-45(75)25-21-37)70-57(77)47(65)29-38-18-22-40-11-3-5-13-42(40)27-38/h3-8,11-16,18-25,27-28,33,36,47,49-55,67,75,84-85H,9-10,17,26,29-32,34-35,64-65H2,1-2H3,(H2,66,76)(H,68,80)(H,69,83)(H,70,77)(H,71,81)(H,72,78)(H,73,79)(H,74,82)/t47-,49-,50-,51-,52+,53+,54+,55-/m0/s1. The summed E-state index contributed by atoms with van der Waals surface area (Å²) in [6, 6.07) is 30.2. The number of nitrogens with one attached hydrogen (secondary N) is 8. The van der Waals surface area contributed by atoms with Crippen LogP contribution in [0.1, 0.15) is 55.4 Å². The van der Waals surface area contributed by atoms with Gasteiger partial charge in [-0.25, -0.2) is 0 Å². The molecule has 448 valence electrons. The first kappa shape index (κ1) is 64.1. The van der Waals surface area contributed by atoms with Crippen molar-refractivity contribution in [3.05, 3.63) is 162 Å². The van der Waals surface area contributed by atoms with Crippen LogP contribution in [0, 0.1) is 5.92 Å². The van der Waals surface area contributed by atoms with Crippen molar-refractivity contribution >= 4 is 105 Å². The molecule has 7 aromatic rings. The average Bonchev–Trinajstić information content (AvgIpc) is 3.60. The Morgan fingerprint density at radius 3 is 1.53 bits per heavy atom. The number of benzene rings is 6. The zero-order chi connectivity index (χ0) is 61.2. The number of phenolic OH excluding ortho intramolecular Hbond substituents is 1. The number of amides is 8. The number of aromatic nitrogens is 1. The van der Waals surface area contributed by atoms with Crippen molar-refractivity contribution < 1.29 is 43.5 Å². The van der Waals surface area contributed by atoms with Crippen molar-refractivity contribution in [3.63, 3.8) is 0 Å². The normalized spacial score (nSPS) is 14.2. The van der Waals surface area contributed by atoms with Gasteiger partial charge in [-0.1, -0.05) is 129 Å². The topological polar surface area (TPSA) is 335 Å². The van der Waals surface area contributed by atoms with Crippen LogP contribution >= 0.6 is 25.3 Å². The molecule has 0 fully saturated rings. The van der Waals surface area contributed by atoms with Crippen LogP contribution in [0.3, 0.4) is 0 Å². The fraction of sp³-hybridized carbons (Fsp3) is 0.333. The quantitative estimate of drug-likeness (QED) is 0.0229. The van der Waals surface area contributed by atoms with Crippen LogP contribution in [-0.4, -0.2) is 124 Å². The van der Waals surface area contributed by atoms with Crippen LogP contribution in [0.4, 0.5) is 0 Å². The van der Waals surface area contributed by atoms with Crippen LogP contribution in [0.5, 0.6) is 5.75 Å². The van der Waals surface area contributed by atoms with E-state index >= 15 is 0 Å². The first-order valence-corrected chi connectivity index (χ1v) is 29.5. The number of aromatic amines is 1. The van der Waals surface area contributed by atoms with Crippen molar-refractivity contribution in [2.45, 2.75) is 107 Å². The molecule has 15 N–H and O–H groups in total. The predicted octanol–water partition coefficient (Wildman–Crippen LogP) is 3.30. The zero-order valence-electron chi connectivity index (χ0n) is 47.4. The second-order valence-corrected chi connectivity index (χ2v) is 22.2. The van der Waals surface area contributed by atoms with Gasteiger partial charge in [0.05, 0.1) is 6.04 Å². The molecule has 22 heteroatoms. The molecule has 0 saturated carbocycles. The van der Waals surface area contributed by atoms with Gasteiger partial charge in [0.1, 0.15) is 48.0 Å². The molecule has 0 aliphatic rings. The Morgan fingerprint density at radius 1 is 0.494 bits per heavy atom. The molecule has 0 bridgehead atoms. The molecule has 0 unspecified atom stereocenters. The Labute approximate surface area is 504 Å². The number of rotatable bonds is 30. The van der Waals surface area contributed by atoms with Crippen molar-refractivity contribution in [3.8, 4) is 5.75 Å². The smallest absolute Gasteiger partial charge is 0.244 e. The molecule has 0 aliphatic heterocycles. The highest BCUT2D eigenvalue weighted by Gasteiger charge is 2.35. The van der Waals surface area contributed by atoms with E-state index in [1.54, 1.807) is 32.2 Å². The average molecular weight is 1190 g/mol. The number of aromatic hydroxyl groups is 1. The number of thiol groups is 2.